The Hall–Kier alpha value is -1.62. The van der Waals surface area contributed by atoms with Crippen molar-refractivity contribution in [2.45, 2.75) is 11.8 Å². The number of rotatable bonds is 2. The molecule has 5 heteroatoms. The third-order valence-electron chi connectivity index (χ3n) is 2.77. The van der Waals surface area contributed by atoms with Gasteiger partial charge in [0.2, 0.25) is 0 Å². The molecule has 0 bridgehead atoms. The lowest BCUT2D eigenvalue weighted by molar-refractivity contribution is 0.101. The van der Waals surface area contributed by atoms with Gasteiger partial charge in [0, 0.05) is 36.0 Å². The maximum Gasteiger partial charge on any atom is 0.175 e. The SMILES string of the molecule is CC(=O)c1cn(C)c2ccc(S(C)(=O)=O)cc12. The molecule has 0 fully saturated rings. The Morgan fingerprint density at radius 3 is 2.47 bits per heavy atom. The van der Waals surface area contributed by atoms with Crippen LogP contribution in [-0.4, -0.2) is 25.0 Å². The molecule has 0 saturated heterocycles. The van der Waals surface area contributed by atoms with Gasteiger partial charge in [0.1, 0.15) is 0 Å². The van der Waals surface area contributed by atoms with Gasteiger partial charge in [-0.15, -0.1) is 0 Å². The summed E-state index contributed by atoms with van der Waals surface area (Å²) < 4.78 is 24.8. The highest BCUT2D eigenvalue weighted by Gasteiger charge is 2.14. The van der Waals surface area contributed by atoms with Crippen LogP contribution in [0.1, 0.15) is 17.3 Å². The van der Waals surface area contributed by atoms with Gasteiger partial charge < -0.3 is 4.57 Å². The van der Waals surface area contributed by atoms with Gasteiger partial charge in [0.25, 0.3) is 0 Å². The number of benzene rings is 1. The predicted molar refractivity (Wildman–Crippen MR) is 66.0 cm³/mol. The van der Waals surface area contributed by atoms with Crippen LogP contribution in [0.15, 0.2) is 29.3 Å². The van der Waals surface area contributed by atoms with Crippen LogP contribution in [0.25, 0.3) is 10.9 Å². The molecular weight excluding hydrogens is 238 g/mol. The average molecular weight is 251 g/mol. The molecule has 2 aromatic rings. The Kier molecular flexibility index (Phi) is 2.58. The lowest BCUT2D eigenvalue weighted by Crippen LogP contribution is -1.97. The lowest BCUT2D eigenvalue weighted by atomic mass is 10.1. The minimum absolute atomic E-state index is 0.0683. The van der Waals surface area contributed by atoms with Crippen molar-refractivity contribution in [3.63, 3.8) is 0 Å². The van der Waals surface area contributed by atoms with Crippen LogP contribution in [-0.2, 0) is 16.9 Å². The Morgan fingerprint density at radius 1 is 1.29 bits per heavy atom. The first-order valence-electron chi connectivity index (χ1n) is 5.11. The minimum atomic E-state index is -3.25. The highest BCUT2D eigenvalue weighted by molar-refractivity contribution is 7.90. The summed E-state index contributed by atoms with van der Waals surface area (Å²) in [6.07, 6.45) is 2.88. The molecule has 1 heterocycles. The summed E-state index contributed by atoms with van der Waals surface area (Å²) in [5.41, 5.74) is 1.40. The molecule has 0 spiro atoms. The molecule has 90 valence electrons. The van der Waals surface area contributed by atoms with Crippen LogP contribution in [0.5, 0.6) is 0 Å². The van der Waals surface area contributed by atoms with Gasteiger partial charge in [0.05, 0.1) is 4.90 Å². The second kappa shape index (κ2) is 3.70. The van der Waals surface area contributed by atoms with E-state index in [4.69, 9.17) is 0 Å². The topological polar surface area (TPSA) is 56.1 Å². The van der Waals surface area contributed by atoms with Crippen molar-refractivity contribution in [2.24, 2.45) is 7.05 Å². The van der Waals surface area contributed by atoms with E-state index in [9.17, 15) is 13.2 Å². The predicted octanol–water partition coefficient (Wildman–Crippen LogP) is 1.78. The molecule has 2 rings (SSSR count). The average Bonchev–Trinajstić information content (AvgIpc) is 2.54. The second-order valence-electron chi connectivity index (χ2n) is 4.16. The Morgan fingerprint density at radius 2 is 1.94 bits per heavy atom. The van der Waals surface area contributed by atoms with Crippen molar-refractivity contribution in [3.05, 3.63) is 30.0 Å². The number of Topliss-reactive ketones (excluding diaryl/α,β-unsaturated/α-hetero) is 1. The maximum atomic E-state index is 11.5. The summed E-state index contributed by atoms with van der Waals surface area (Å²) in [5.74, 6) is -0.0683. The molecule has 0 aliphatic heterocycles. The monoisotopic (exact) mass is 251 g/mol. The van der Waals surface area contributed by atoms with Gasteiger partial charge in [-0.1, -0.05) is 0 Å². The summed E-state index contributed by atoms with van der Waals surface area (Å²) >= 11 is 0. The number of ketones is 1. The third-order valence-corrected chi connectivity index (χ3v) is 3.88. The largest absolute Gasteiger partial charge is 0.350 e. The first kappa shape index (κ1) is 11.9. The van der Waals surface area contributed by atoms with E-state index < -0.39 is 9.84 Å². The first-order chi connectivity index (χ1) is 7.80. The van der Waals surface area contributed by atoms with Crippen LogP contribution in [0.2, 0.25) is 0 Å². The standard InChI is InChI=1S/C12H13NO3S/c1-8(14)11-7-13(2)12-5-4-9(6-10(11)12)17(3,15)16/h4-7H,1-3H3. The smallest absolute Gasteiger partial charge is 0.175 e. The van der Waals surface area contributed by atoms with E-state index in [1.165, 1.54) is 6.92 Å². The van der Waals surface area contributed by atoms with Gasteiger partial charge in [-0.3, -0.25) is 4.79 Å². The molecule has 0 unspecified atom stereocenters. The fourth-order valence-electron chi connectivity index (χ4n) is 1.88. The number of nitrogens with zero attached hydrogens (tertiary/aromatic N) is 1. The summed E-state index contributed by atoms with van der Waals surface area (Å²) in [4.78, 5) is 11.7. The van der Waals surface area contributed by atoms with Crippen molar-refractivity contribution < 1.29 is 13.2 Å². The number of fused-ring (bicyclic) bond motifs is 1. The van der Waals surface area contributed by atoms with Crippen molar-refractivity contribution in [1.29, 1.82) is 0 Å². The summed E-state index contributed by atoms with van der Waals surface area (Å²) in [5, 5.41) is 0.683. The second-order valence-corrected chi connectivity index (χ2v) is 6.18. The van der Waals surface area contributed by atoms with E-state index in [-0.39, 0.29) is 10.7 Å². The Bertz CT molecular complexity index is 711. The van der Waals surface area contributed by atoms with Gasteiger partial charge >= 0.3 is 0 Å². The van der Waals surface area contributed by atoms with Gasteiger partial charge in [-0.2, -0.15) is 0 Å². The number of aromatic nitrogens is 1. The molecule has 1 aromatic heterocycles. The zero-order chi connectivity index (χ0) is 12.8. The van der Waals surface area contributed by atoms with Crippen molar-refractivity contribution in [1.82, 2.24) is 4.57 Å². The zero-order valence-corrected chi connectivity index (χ0v) is 10.7. The van der Waals surface area contributed by atoms with Gasteiger partial charge in [-0.25, -0.2) is 8.42 Å². The van der Waals surface area contributed by atoms with E-state index in [0.29, 0.717) is 10.9 Å². The Balaban J connectivity index is 2.84. The molecule has 0 saturated carbocycles. The van der Waals surface area contributed by atoms with E-state index in [1.54, 1.807) is 24.4 Å². The fraction of sp³-hybridized carbons (Fsp3) is 0.250. The molecule has 4 nitrogen and oxygen atoms in total. The fourth-order valence-corrected chi connectivity index (χ4v) is 2.53. The van der Waals surface area contributed by atoms with E-state index in [0.717, 1.165) is 11.8 Å². The van der Waals surface area contributed by atoms with Crippen LogP contribution < -0.4 is 0 Å². The summed E-state index contributed by atoms with van der Waals surface area (Å²) in [6.45, 7) is 1.47. The number of carbonyl (C=O) groups excluding carboxylic acids is 1. The number of hydrogen-bond donors (Lipinski definition) is 0. The molecule has 0 N–H and O–H groups in total. The molecule has 0 aliphatic carbocycles. The third kappa shape index (κ3) is 1.98. The van der Waals surface area contributed by atoms with Crippen LogP contribution in [0, 0.1) is 0 Å². The summed E-state index contributed by atoms with van der Waals surface area (Å²) in [7, 11) is -1.42. The molecule has 0 atom stereocenters. The molecule has 17 heavy (non-hydrogen) atoms. The van der Waals surface area contributed by atoms with Crippen LogP contribution in [0.3, 0.4) is 0 Å². The van der Waals surface area contributed by atoms with Gasteiger partial charge in [0.15, 0.2) is 15.6 Å². The molecular formula is C12H13NO3S. The van der Waals surface area contributed by atoms with Crippen molar-refractivity contribution in [2.75, 3.05) is 6.26 Å². The molecule has 1 aromatic carbocycles. The van der Waals surface area contributed by atoms with E-state index >= 15 is 0 Å². The van der Waals surface area contributed by atoms with E-state index in [2.05, 4.69) is 0 Å². The van der Waals surface area contributed by atoms with Crippen LogP contribution >= 0.6 is 0 Å². The number of sulfone groups is 1. The minimum Gasteiger partial charge on any atom is -0.350 e. The Labute approximate surface area is 99.8 Å². The van der Waals surface area contributed by atoms with Crippen molar-refractivity contribution >= 4 is 26.5 Å². The van der Waals surface area contributed by atoms with Gasteiger partial charge in [-0.05, 0) is 25.1 Å². The van der Waals surface area contributed by atoms with E-state index in [1.807, 2.05) is 11.6 Å². The highest BCUT2D eigenvalue weighted by atomic mass is 32.2. The summed E-state index contributed by atoms with van der Waals surface area (Å²) in [6, 6.07) is 4.83. The molecule has 0 radical (unpaired) electrons. The number of aryl methyl sites for hydroxylation is 1. The normalized spacial score (nSPS) is 11.9. The molecule has 0 aliphatic rings. The lowest BCUT2D eigenvalue weighted by Gasteiger charge is -2.00. The number of hydrogen-bond acceptors (Lipinski definition) is 3. The van der Waals surface area contributed by atoms with Crippen LogP contribution in [0.4, 0.5) is 0 Å². The zero-order valence-electron chi connectivity index (χ0n) is 9.89. The maximum absolute atomic E-state index is 11.5. The quantitative estimate of drug-likeness (QED) is 0.764. The highest BCUT2D eigenvalue weighted by Crippen LogP contribution is 2.24. The van der Waals surface area contributed by atoms with Crippen molar-refractivity contribution in [3.8, 4) is 0 Å². The molecule has 0 amide bonds. The first-order valence-corrected chi connectivity index (χ1v) is 7.00. The number of carbonyl (C=O) groups is 1.